The van der Waals surface area contributed by atoms with Crippen LogP contribution in [0.2, 0.25) is 0 Å². The molecule has 0 atom stereocenters. The molecule has 0 saturated carbocycles. The van der Waals surface area contributed by atoms with Crippen LogP contribution in [0.15, 0.2) is 61.2 Å². The van der Waals surface area contributed by atoms with E-state index in [4.69, 9.17) is 4.74 Å². The van der Waals surface area contributed by atoms with Gasteiger partial charge in [0.05, 0.1) is 16.9 Å². The van der Waals surface area contributed by atoms with Gasteiger partial charge in [0.25, 0.3) is 5.91 Å². The highest BCUT2D eigenvalue weighted by Crippen LogP contribution is 2.20. The third-order valence-corrected chi connectivity index (χ3v) is 4.94. The van der Waals surface area contributed by atoms with Gasteiger partial charge in [0.1, 0.15) is 18.5 Å². The Hall–Kier alpha value is -3.75. The lowest BCUT2D eigenvalue weighted by Crippen LogP contribution is -2.50. The Kier molecular flexibility index (Phi) is 5.69. The molecule has 1 aromatic heterocycles. The molecule has 0 unspecified atom stereocenters. The molecule has 2 heterocycles. The van der Waals surface area contributed by atoms with Gasteiger partial charge in [-0.1, -0.05) is 12.1 Å². The van der Waals surface area contributed by atoms with Gasteiger partial charge in [0, 0.05) is 26.2 Å². The van der Waals surface area contributed by atoms with Gasteiger partial charge in [0.15, 0.2) is 6.61 Å². The van der Waals surface area contributed by atoms with Crippen molar-refractivity contribution >= 4 is 17.6 Å². The van der Waals surface area contributed by atoms with Gasteiger partial charge in [-0.25, -0.2) is 18.9 Å². The van der Waals surface area contributed by atoms with Crippen LogP contribution in [0.25, 0.3) is 5.69 Å². The fourth-order valence-electron chi connectivity index (χ4n) is 3.30. The highest BCUT2D eigenvalue weighted by molar-refractivity contribution is 5.91. The summed E-state index contributed by atoms with van der Waals surface area (Å²) >= 11 is 0. The molecule has 1 aliphatic rings. The predicted molar refractivity (Wildman–Crippen MR) is 107 cm³/mol. The van der Waals surface area contributed by atoms with Crippen LogP contribution in [0.5, 0.6) is 0 Å². The number of anilines is 1. The van der Waals surface area contributed by atoms with Crippen LogP contribution in [0.1, 0.15) is 10.4 Å². The summed E-state index contributed by atoms with van der Waals surface area (Å²) in [6.07, 6.45) is 2.97. The molecular formula is C21H20FN5O3. The molecule has 1 amide bonds. The minimum absolute atomic E-state index is 0.268. The molecule has 0 spiro atoms. The molecule has 0 radical (unpaired) electrons. The molecule has 2 aromatic carbocycles. The maximum Gasteiger partial charge on any atom is 0.338 e. The van der Waals surface area contributed by atoms with Crippen molar-refractivity contribution in [1.29, 1.82) is 0 Å². The summed E-state index contributed by atoms with van der Waals surface area (Å²) in [5.41, 5.74) is 1.63. The second-order valence-corrected chi connectivity index (χ2v) is 6.78. The average Bonchev–Trinajstić information content (AvgIpc) is 3.33. The van der Waals surface area contributed by atoms with Crippen molar-refractivity contribution < 1.29 is 18.7 Å². The summed E-state index contributed by atoms with van der Waals surface area (Å²) in [5.74, 6) is -1.12. The maximum atomic E-state index is 13.9. The minimum Gasteiger partial charge on any atom is -0.452 e. The van der Waals surface area contributed by atoms with Crippen LogP contribution in [0.4, 0.5) is 10.1 Å². The molecule has 1 fully saturated rings. The third kappa shape index (κ3) is 4.29. The summed E-state index contributed by atoms with van der Waals surface area (Å²) in [5, 5.41) is 4.02. The molecule has 154 valence electrons. The van der Waals surface area contributed by atoms with E-state index in [1.165, 1.54) is 12.4 Å². The van der Waals surface area contributed by atoms with Crippen LogP contribution in [0.3, 0.4) is 0 Å². The summed E-state index contributed by atoms with van der Waals surface area (Å²) in [4.78, 5) is 32.0. The molecule has 4 rings (SSSR count). The van der Waals surface area contributed by atoms with Gasteiger partial charge in [0.2, 0.25) is 0 Å². The quantitative estimate of drug-likeness (QED) is 0.599. The smallest absolute Gasteiger partial charge is 0.338 e. The number of halogens is 1. The van der Waals surface area contributed by atoms with E-state index in [0.717, 1.165) is 5.69 Å². The highest BCUT2D eigenvalue weighted by atomic mass is 19.1. The molecule has 0 aliphatic carbocycles. The Morgan fingerprint density at radius 3 is 2.40 bits per heavy atom. The van der Waals surface area contributed by atoms with Crippen molar-refractivity contribution in [3.8, 4) is 5.69 Å². The maximum absolute atomic E-state index is 13.9. The van der Waals surface area contributed by atoms with Gasteiger partial charge in [-0.3, -0.25) is 4.79 Å². The van der Waals surface area contributed by atoms with E-state index in [2.05, 4.69) is 10.1 Å². The molecule has 3 aromatic rings. The molecular weight excluding hydrogens is 389 g/mol. The molecule has 30 heavy (non-hydrogen) atoms. The van der Waals surface area contributed by atoms with E-state index in [9.17, 15) is 14.0 Å². The Bertz CT molecular complexity index is 1020. The Morgan fingerprint density at radius 2 is 1.73 bits per heavy atom. The number of hydrogen-bond acceptors (Lipinski definition) is 6. The molecule has 1 aliphatic heterocycles. The first kappa shape index (κ1) is 19.6. The van der Waals surface area contributed by atoms with Crippen molar-refractivity contribution in [2.24, 2.45) is 0 Å². The first-order valence-corrected chi connectivity index (χ1v) is 9.51. The lowest BCUT2D eigenvalue weighted by Gasteiger charge is -2.36. The van der Waals surface area contributed by atoms with E-state index in [1.54, 1.807) is 58.4 Å². The van der Waals surface area contributed by atoms with Gasteiger partial charge >= 0.3 is 5.97 Å². The fourth-order valence-corrected chi connectivity index (χ4v) is 3.30. The number of nitrogens with zero attached hydrogens (tertiary/aromatic N) is 5. The van der Waals surface area contributed by atoms with Gasteiger partial charge in [-0.05, 0) is 36.4 Å². The number of ether oxygens (including phenoxy) is 1. The number of para-hydroxylation sites is 1. The van der Waals surface area contributed by atoms with E-state index in [1.807, 2.05) is 4.90 Å². The number of benzene rings is 2. The van der Waals surface area contributed by atoms with Crippen LogP contribution < -0.4 is 4.90 Å². The number of aromatic nitrogens is 3. The summed E-state index contributed by atoms with van der Waals surface area (Å²) in [6, 6.07) is 13.2. The van der Waals surface area contributed by atoms with Crippen LogP contribution in [0, 0.1) is 5.82 Å². The fraction of sp³-hybridized carbons (Fsp3) is 0.238. The van der Waals surface area contributed by atoms with E-state index in [-0.39, 0.29) is 18.3 Å². The van der Waals surface area contributed by atoms with E-state index >= 15 is 0 Å². The van der Waals surface area contributed by atoms with Crippen LogP contribution in [-0.4, -0.2) is 64.3 Å². The zero-order valence-electron chi connectivity index (χ0n) is 16.1. The van der Waals surface area contributed by atoms with Gasteiger partial charge < -0.3 is 14.5 Å². The zero-order chi connectivity index (χ0) is 20.9. The second kappa shape index (κ2) is 8.73. The van der Waals surface area contributed by atoms with Crippen molar-refractivity contribution in [1.82, 2.24) is 19.7 Å². The number of piperazine rings is 1. The highest BCUT2D eigenvalue weighted by Gasteiger charge is 2.23. The molecule has 1 saturated heterocycles. The SMILES string of the molecule is O=C(OCC(=O)N1CCN(c2ccccc2F)CC1)c1ccc(-n2cncn2)cc1. The number of carbonyl (C=O) groups is 2. The number of amides is 1. The largest absolute Gasteiger partial charge is 0.452 e. The molecule has 9 heteroatoms. The molecule has 8 nitrogen and oxygen atoms in total. The van der Waals surface area contributed by atoms with E-state index in [0.29, 0.717) is 37.4 Å². The lowest BCUT2D eigenvalue weighted by molar-refractivity contribution is -0.134. The van der Waals surface area contributed by atoms with Gasteiger partial charge in [-0.15, -0.1) is 0 Å². The van der Waals surface area contributed by atoms with E-state index < -0.39 is 5.97 Å². The van der Waals surface area contributed by atoms with Crippen molar-refractivity contribution in [2.75, 3.05) is 37.7 Å². The first-order chi connectivity index (χ1) is 14.6. The standard InChI is InChI=1S/C21H20FN5O3/c22-18-3-1-2-4-19(18)25-9-11-26(12-10-25)20(28)13-30-21(29)16-5-7-17(8-6-16)27-15-23-14-24-27/h1-8,14-15H,9-13H2. The third-order valence-electron chi connectivity index (χ3n) is 4.94. The second-order valence-electron chi connectivity index (χ2n) is 6.78. The van der Waals surface area contributed by atoms with Crippen molar-refractivity contribution in [2.45, 2.75) is 0 Å². The zero-order valence-corrected chi connectivity index (χ0v) is 16.1. The summed E-state index contributed by atoms with van der Waals surface area (Å²) in [7, 11) is 0. The average molecular weight is 409 g/mol. The number of hydrogen-bond donors (Lipinski definition) is 0. The Morgan fingerprint density at radius 1 is 1.00 bits per heavy atom. The van der Waals surface area contributed by atoms with Crippen LogP contribution in [-0.2, 0) is 9.53 Å². The summed E-state index contributed by atoms with van der Waals surface area (Å²) in [6.45, 7) is 1.59. The number of rotatable bonds is 5. The van der Waals surface area contributed by atoms with Crippen molar-refractivity contribution in [3.63, 3.8) is 0 Å². The van der Waals surface area contributed by atoms with Crippen molar-refractivity contribution in [3.05, 3.63) is 72.6 Å². The monoisotopic (exact) mass is 409 g/mol. The van der Waals surface area contributed by atoms with Gasteiger partial charge in [-0.2, -0.15) is 5.10 Å². The Balaban J connectivity index is 1.27. The summed E-state index contributed by atoms with van der Waals surface area (Å²) < 4.78 is 20.7. The normalized spacial score (nSPS) is 13.9. The lowest BCUT2D eigenvalue weighted by atomic mass is 10.2. The molecule has 0 N–H and O–H groups in total. The first-order valence-electron chi connectivity index (χ1n) is 9.51. The molecule has 0 bridgehead atoms. The minimum atomic E-state index is -0.571. The topological polar surface area (TPSA) is 80.6 Å². The Labute approximate surface area is 172 Å². The van der Waals surface area contributed by atoms with Crippen LogP contribution >= 0.6 is 0 Å². The number of carbonyl (C=O) groups excluding carboxylic acids is 2. The number of esters is 1. The predicted octanol–water partition coefficient (Wildman–Crippen LogP) is 1.91.